The average Bonchev–Trinajstić information content (AvgIpc) is 2.84. The summed E-state index contributed by atoms with van der Waals surface area (Å²) in [5, 5.41) is 2.85. The summed E-state index contributed by atoms with van der Waals surface area (Å²) >= 11 is 18.8. The zero-order chi connectivity index (χ0) is 24.3. The van der Waals surface area contributed by atoms with Gasteiger partial charge in [-0.2, -0.15) is 4.72 Å². The van der Waals surface area contributed by atoms with Gasteiger partial charge >= 0.3 is 0 Å². The highest BCUT2D eigenvalue weighted by molar-refractivity contribution is 8.22. The molecule has 0 aliphatic carbocycles. The molecule has 34 heavy (non-hydrogen) atoms. The fraction of sp³-hybridized carbons (Fsp3) is 0.0769. The van der Waals surface area contributed by atoms with Crippen molar-refractivity contribution in [3.63, 3.8) is 0 Å². The van der Waals surface area contributed by atoms with E-state index in [9.17, 15) is 8.42 Å². The lowest BCUT2D eigenvalue weighted by Gasteiger charge is -2.33. The molecule has 1 N–H and O–H groups in total. The summed E-state index contributed by atoms with van der Waals surface area (Å²) in [4.78, 5) is 0.188. The first-order valence-corrected chi connectivity index (χ1v) is 15.6. The Morgan fingerprint density at radius 2 is 1.21 bits per heavy atom. The van der Waals surface area contributed by atoms with Crippen LogP contribution in [0.3, 0.4) is 0 Å². The fourth-order valence-corrected chi connectivity index (χ4v) is 10.2. The second kappa shape index (κ2) is 10.3. The van der Waals surface area contributed by atoms with Crippen LogP contribution in [0.15, 0.2) is 108 Å². The molecule has 0 fully saturated rings. The Morgan fingerprint density at radius 1 is 0.735 bits per heavy atom. The van der Waals surface area contributed by atoms with Gasteiger partial charge in [0, 0.05) is 16.1 Å². The molecule has 0 bridgehead atoms. The van der Waals surface area contributed by atoms with Crippen LogP contribution in [0.2, 0.25) is 10.0 Å². The third-order valence-electron chi connectivity index (χ3n) is 5.50. The van der Waals surface area contributed by atoms with Crippen LogP contribution in [0.1, 0.15) is 16.9 Å². The van der Waals surface area contributed by atoms with Crippen LogP contribution in [-0.4, -0.2) is 8.42 Å². The number of hydrogen-bond acceptors (Lipinski definition) is 3. The maximum Gasteiger partial charge on any atom is 0.241 e. The molecule has 4 rings (SSSR count). The third-order valence-corrected chi connectivity index (χ3v) is 12.8. The average molecular weight is 546 g/mol. The van der Waals surface area contributed by atoms with Crippen molar-refractivity contribution in [3.8, 4) is 0 Å². The molecule has 1 atom stereocenters. The van der Waals surface area contributed by atoms with Crippen molar-refractivity contribution < 1.29 is 8.42 Å². The Morgan fingerprint density at radius 3 is 1.68 bits per heavy atom. The Labute approximate surface area is 215 Å². The zero-order valence-corrected chi connectivity index (χ0v) is 22.3. The molecule has 0 unspecified atom stereocenters. The molecule has 0 spiro atoms. The van der Waals surface area contributed by atoms with Crippen molar-refractivity contribution in [1.29, 1.82) is 0 Å². The topological polar surface area (TPSA) is 46.2 Å². The van der Waals surface area contributed by atoms with Gasteiger partial charge in [-0.1, -0.05) is 107 Å². The molecule has 0 saturated heterocycles. The molecule has 0 aromatic heterocycles. The van der Waals surface area contributed by atoms with Gasteiger partial charge in [-0.15, -0.1) is 0 Å². The van der Waals surface area contributed by atoms with Crippen molar-refractivity contribution in [2.75, 3.05) is 0 Å². The fourth-order valence-electron chi connectivity index (χ4n) is 3.69. The standard InChI is InChI=1S/C26H22Cl2NO2PS2/c1-19-7-17-25(18-8-19)34(30,31)29-26(20-5-3-2-4-6-20)32(33,23-13-9-21(27)10-14-23)24-15-11-22(28)12-16-24/h2-18,26,29H,1H3/t26-/m0/s1. The molecule has 0 radical (unpaired) electrons. The van der Waals surface area contributed by atoms with Gasteiger partial charge in [0.15, 0.2) is 0 Å². The molecule has 4 aromatic rings. The van der Waals surface area contributed by atoms with Gasteiger partial charge in [0.2, 0.25) is 10.0 Å². The van der Waals surface area contributed by atoms with Gasteiger partial charge in [-0.05, 0) is 59.5 Å². The lowest BCUT2D eigenvalue weighted by molar-refractivity contribution is 0.579. The summed E-state index contributed by atoms with van der Waals surface area (Å²) in [6.07, 6.45) is 0. The van der Waals surface area contributed by atoms with Crippen LogP contribution in [0.25, 0.3) is 0 Å². The van der Waals surface area contributed by atoms with E-state index < -0.39 is 21.8 Å². The Balaban J connectivity index is 1.94. The normalized spacial score (nSPS) is 12.9. The van der Waals surface area contributed by atoms with Crippen molar-refractivity contribution in [1.82, 2.24) is 4.72 Å². The van der Waals surface area contributed by atoms with Crippen LogP contribution in [0.4, 0.5) is 0 Å². The number of rotatable bonds is 7. The van der Waals surface area contributed by atoms with Gasteiger partial charge in [0.1, 0.15) is 0 Å². The van der Waals surface area contributed by atoms with Crippen LogP contribution in [0.5, 0.6) is 0 Å². The summed E-state index contributed by atoms with van der Waals surface area (Å²) in [5.41, 5.74) is 1.76. The SMILES string of the molecule is Cc1ccc(S(=O)(=O)N[C@H](c2ccccc2)P(=S)(c2ccc(Cl)cc2)c2ccc(Cl)cc2)cc1. The summed E-state index contributed by atoms with van der Waals surface area (Å²) < 4.78 is 30.1. The quantitative estimate of drug-likeness (QED) is 0.273. The van der Waals surface area contributed by atoms with Gasteiger partial charge in [-0.3, -0.25) is 0 Å². The predicted octanol–water partition coefficient (Wildman–Crippen LogP) is 6.41. The molecule has 0 aliphatic heterocycles. The van der Waals surface area contributed by atoms with E-state index in [1.807, 2.05) is 61.5 Å². The third kappa shape index (κ3) is 5.31. The van der Waals surface area contributed by atoms with Crippen LogP contribution < -0.4 is 15.3 Å². The monoisotopic (exact) mass is 545 g/mol. The van der Waals surface area contributed by atoms with Gasteiger partial charge in [0.05, 0.1) is 10.7 Å². The van der Waals surface area contributed by atoms with Gasteiger partial charge in [0.25, 0.3) is 0 Å². The number of benzene rings is 4. The van der Waals surface area contributed by atoms with Crippen LogP contribution in [-0.2, 0) is 21.8 Å². The smallest absolute Gasteiger partial charge is 0.207 e. The maximum atomic E-state index is 13.6. The van der Waals surface area contributed by atoms with E-state index in [2.05, 4.69) is 4.72 Å². The van der Waals surface area contributed by atoms with E-state index in [1.54, 1.807) is 48.5 Å². The second-order valence-electron chi connectivity index (χ2n) is 7.86. The molecular formula is C26H22Cl2NO2PS2. The molecular weight excluding hydrogens is 524 g/mol. The number of nitrogens with one attached hydrogen (secondary N) is 1. The lowest BCUT2D eigenvalue weighted by Crippen LogP contribution is -2.34. The first-order valence-electron chi connectivity index (χ1n) is 10.5. The molecule has 0 amide bonds. The molecule has 8 heteroatoms. The Bertz CT molecular complexity index is 1380. The van der Waals surface area contributed by atoms with E-state index in [0.717, 1.165) is 21.7 Å². The molecule has 174 valence electrons. The molecule has 0 heterocycles. The van der Waals surface area contributed by atoms with Crippen molar-refractivity contribution >= 4 is 61.7 Å². The summed E-state index contributed by atoms with van der Waals surface area (Å²) in [6, 6.07) is 28.1. The Kier molecular flexibility index (Phi) is 7.63. The Hall–Kier alpha value is -1.98. The molecule has 4 aromatic carbocycles. The number of sulfonamides is 1. The highest BCUT2D eigenvalue weighted by Crippen LogP contribution is 2.56. The number of aryl methyl sites for hydroxylation is 1. The van der Waals surface area contributed by atoms with E-state index in [1.165, 1.54) is 0 Å². The largest absolute Gasteiger partial charge is 0.241 e. The number of halogens is 2. The van der Waals surface area contributed by atoms with Crippen LogP contribution in [0, 0.1) is 6.92 Å². The molecule has 0 saturated carbocycles. The van der Waals surface area contributed by atoms with E-state index in [-0.39, 0.29) is 4.90 Å². The minimum Gasteiger partial charge on any atom is -0.207 e. The number of hydrogen-bond donors (Lipinski definition) is 1. The lowest BCUT2D eigenvalue weighted by atomic mass is 10.2. The van der Waals surface area contributed by atoms with Crippen molar-refractivity contribution in [2.45, 2.75) is 17.6 Å². The summed E-state index contributed by atoms with van der Waals surface area (Å²) in [6.45, 7) is 1.91. The van der Waals surface area contributed by atoms with Gasteiger partial charge < -0.3 is 0 Å². The molecule has 3 nitrogen and oxygen atoms in total. The summed E-state index contributed by atoms with van der Waals surface area (Å²) in [7, 11) is -3.88. The van der Waals surface area contributed by atoms with Crippen molar-refractivity contribution in [3.05, 3.63) is 124 Å². The highest BCUT2D eigenvalue weighted by Gasteiger charge is 2.36. The zero-order valence-electron chi connectivity index (χ0n) is 18.2. The van der Waals surface area contributed by atoms with E-state index >= 15 is 0 Å². The van der Waals surface area contributed by atoms with Crippen LogP contribution >= 0.6 is 29.2 Å². The minimum absolute atomic E-state index is 0.188. The van der Waals surface area contributed by atoms with Crippen molar-refractivity contribution in [2.24, 2.45) is 0 Å². The van der Waals surface area contributed by atoms with Gasteiger partial charge in [-0.25, -0.2) is 8.42 Å². The second-order valence-corrected chi connectivity index (χ2v) is 15.0. The minimum atomic E-state index is -3.88. The first-order chi connectivity index (χ1) is 16.2. The van der Waals surface area contributed by atoms with E-state index in [0.29, 0.717) is 10.0 Å². The predicted molar refractivity (Wildman–Crippen MR) is 147 cm³/mol. The first kappa shape index (κ1) is 25.1. The summed E-state index contributed by atoms with van der Waals surface area (Å²) in [5.74, 6) is -0.697. The molecule has 0 aliphatic rings. The maximum absolute atomic E-state index is 13.6. The van der Waals surface area contributed by atoms with E-state index in [4.69, 9.17) is 35.0 Å². The highest BCUT2D eigenvalue weighted by atomic mass is 35.5.